The number of nitrogens with zero attached hydrogens (tertiary/aromatic N) is 2. The third-order valence-corrected chi connectivity index (χ3v) is 4.67. The monoisotopic (exact) mass is 288 g/mol. The van der Waals surface area contributed by atoms with Gasteiger partial charge in [0.05, 0.1) is 5.71 Å². The summed E-state index contributed by atoms with van der Waals surface area (Å²) in [7, 11) is 0. The molecule has 2 aliphatic heterocycles. The first-order chi connectivity index (χ1) is 10.2. The lowest BCUT2D eigenvalue weighted by molar-refractivity contribution is 0.136. The summed E-state index contributed by atoms with van der Waals surface area (Å²) in [6.07, 6.45) is 3.16. The number of aryl methyl sites for hydroxylation is 1. The molecule has 0 radical (unpaired) electrons. The van der Waals surface area contributed by atoms with Crippen molar-refractivity contribution in [2.24, 2.45) is 11.1 Å². The Morgan fingerprint density at radius 2 is 2.29 bits per heavy atom. The standard InChI is InChI=1S/C17H24N2O2/c1-3-13-10-19(7-6-16(13)18-20)11-15-9-14-8-12(2)4-5-17(14)21-15/h4-5,8,13,15,20H,3,6-7,9-11H2,1-2H3/b18-16+. The first-order valence-electron chi connectivity index (χ1n) is 7.89. The van der Waals surface area contributed by atoms with E-state index < -0.39 is 0 Å². The van der Waals surface area contributed by atoms with Crippen molar-refractivity contribution in [2.75, 3.05) is 19.6 Å². The second-order valence-electron chi connectivity index (χ2n) is 6.26. The van der Waals surface area contributed by atoms with E-state index in [1.54, 1.807) is 0 Å². The molecule has 0 saturated carbocycles. The predicted octanol–water partition coefficient (Wildman–Crippen LogP) is 2.86. The molecule has 3 rings (SSSR count). The van der Waals surface area contributed by atoms with Crippen LogP contribution in [0.3, 0.4) is 0 Å². The van der Waals surface area contributed by atoms with Crippen LogP contribution in [0.15, 0.2) is 23.4 Å². The Morgan fingerprint density at radius 1 is 1.43 bits per heavy atom. The molecule has 2 atom stereocenters. The van der Waals surface area contributed by atoms with Crippen LogP contribution in [-0.2, 0) is 6.42 Å². The SMILES string of the molecule is CCC1CN(CC2Cc3cc(C)ccc3O2)CC/C1=N\O. The van der Waals surface area contributed by atoms with Crippen molar-refractivity contribution in [3.05, 3.63) is 29.3 Å². The largest absolute Gasteiger partial charge is 0.488 e. The average Bonchev–Trinajstić information content (AvgIpc) is 2.88. The van der Waals surface area contributed by atoms with Gasteiger partial charge < -0.3 is 9.94 Å². The number of oxime groups is 1. The van der Waals surface area contributed by atoms with Gasteiger partial charge in [0.15, 0.2) is 0 Å². The maximum Gasteiger partial charge on any atom is 0.123 e. The molecule has 0 aromatic heterocycles. The normalized spacial score (nSPS) is 27.6. The van der Waals surface area contributed by atoms with E-state index in [-0.39, 0.29) is 6.10 Å². The van der Waals surface area contributed by atoms with Crippen molar-refractivity contribution >= 4 is 5.71 Å². The van der Waals surface area contributed by atoms with Crippen molar-refractivity contribution < 1.29 is 9.94 Å². The molecule has 1 N–H and O–H groups in total. The smallest absolute Gasteiger partial charge is 0.123 e. The predicted molar refractivity (Wildman–Crippen MR) is 83.4 cm³/mol. The van der Waals surface area contributed by atoms with Gasteiger partial charge in [-0.3, -0.25) is 4.90 Å². The molecule has 0 spiro atoms. The topological polar surface area (TPSA) is 45.1 Å². The minimum absolute atomic E-state index is 0.256. The van der Waals surface area contributed by atoms with Crippen molar-refractivity contribution in [3.63, 3.8) is 0 Å². The van der Waals surface area contributed by atoms with Gasteiger partial charge in [0.25, 0.3) is 0 Å². The van der Waals surface area contributed by atoms with E-state index in [0.29, 0.717) is 5.92 Å². The Labute approximate surface area is 126 Å². The van der Waals surface area contributed by atoms with E-state index in [0.717, 1.165) is 50.4 Å². The van der Waals surface area contributed by atoms with Crippen LogP contribution in [0.25, 0.3) is 0 Å². The summed E-state index contributed by atoms with van der Waals surface area (Å²) >= 11 is 0. The first-order valence-corrected chi connectivity index (χ1v) is 7.89. The molecule has 0 aliphatic carbocycles. The molecule has 4 heteroatoms. The van der Waals surface area contributed by atoms with Crippen molar-refractivity contribution in [1.82, 2.24) is 4.90 Å². The van der Waals surface area contributed by atoms with Crippen LogP contribution in [0.1, 0.15) is 30.9 Å². The highest BCUT2D eigenvalue weighted by Gasteiger charge is 2.29. The summed E-state index contributed by atoms with van der Waals surface area (Å²) in [5.74, 6) is 1.43. The van der Waals surface area contributed by atoms with Crippen LogP contribution < -0.4 is 4.74 Å². The van der Waals surface area contributed by atoms with E-state index in [4.69, 9.17) is 9.94 Å². The fraction of sp³-hybridized carbons (Fsp3) is 0.588. The quantitative estimate of drug-likeness (QED) is 0.687. The zero-order valence-electron chi connectivity index (χ0n) is 12.9. The molecule has 2 unspecified atom stereocenters. The van der Waals surface area contributed by atoms with E-state index >= 15 is 0 Å². The summed E-state index contributed by atoms with van der Waals surface area (Å²) < 4.78 is 6.07. The molecule has 21 heavy (non-hydrogen) atoms. The second-order valence-corrected chi connectivity index (χ2v) is 6.26. The van der Waals surface area contributed by atoms with E-state index in [9.17, 15) is 0 Å². The van der Waals surface area contributed by atoms with Gasteiger partial charge in [-0.1, -0.05) is 29.8 Å². The zero-order chi connectivity index (χ0) is 14.8. The van der Waals surface area contributed by atoms with Crippen molar-refractivity contribution in [3.8, 4) is 5.75 Å². The summed E-state index contributed by atoms with van der Waals surface area (Å²) in [4.78, 5) is 2.45. The maximum atomic E-state index is 9.05. The van der Waals surface area contributed by atoms with Gasteiger partial charge in [0, 0.05) is 38.4 Å². The fourth-order valence-corrected chi connectivity index (χ4v) is 3.49. The van der Waals surface area contributed by atoms with E-state index in [1.807, 2.05) is 0 Å². The number of fused-ring (bicyclic) bond motifs is 1. The van der Waals surface area contributed by atoms with Gasteiger partial charge in [-0.25, -0.2) is 0 Å². The molecular weight excluding hydrogens is 264 g/mol. The third kappa shape index (κ3) is 3.05. The zero-order valence-corrected chi connectivity index (χ0v) is 12.9. The highest BCUT2D eigenvalue weighted by atomic mass is 16.5. The average molecular weight is 288 g/mol. The van der Waals surface area contributed by atoms with Crippen LogP contribution in [0.4, 0.5) is 0 Å². The van der Waals surface area contributed by atoms with Crippen molar-refractivity contribution in [2.45, 2.75) is 39.2 Å². The summed E-state index contributed by atoms with van der Waals surface area (Å²) in [5.41, 5.74) is 3.59. The van der Waals surface area contributed by atoms with Crippen LogP contribution >= 0.6 is 0 Å². The van der Waals surface area contributed by atoms with Gasteiger partial charge in [-0.15, -0.1) is 0 Å². The van der Waals surface area contributed by atoms with E-state index in [2.05, 4.69) is 42.1 Å². The Bertz CT molecular complexity index is 542. The molecule has 2 aliphatic rings. The summed E-state index contributed by atoms with van der Waals surface area (Å²) in [6, 6.07) is 6.43. The van der Waals surface area contributed by atoms with Crippen LogP contribution in [0.2, 0.25) is 0 Å². The maximum absolute atomic E-state index is 9.05. The van der Waals surface area contributed by atoms with Crippen LogP contribution in [-0.4, -0.2) is 41.6 Å². The molecular formula is C17H24N2O2. The molecule has 2 heterocycles. The molecule has 114 valence electrons. The van der Waals surface area contributed by atoms with Gasteiger partial charge in [-0.2, -0.15) is 0 Å². The molecule has 1 saturated heterocycles. The first kappa shape index (κ1) is 14.4. The van der Waals surface area contributed by atoms with Crippen molar-refractivity contribution in [1.29, 1.82) is 0 Å². The Hall–Kier alpha value is -1.55. The highest BCUT2D eigenvalue weighted by Crippen LogP contribution is 2.30. The number of hydrogen-bond acceptors (Lipinski definition) is 4. The lowest BCUT2D eigenvalue weighted by atomic mass is 9.93. The molecule has 1 aromatic carbocycles. The van der Waals surface area contributed by atoms with Crippen LogP contribution in [0.5, 0.6) is 5.75 Å². The van der Waals surface area contributed by atoms with Gasteiger partial charge in [0.2, 0.25) is 0 Å². The van der Waals surface area contributed by atoms with E-state index in [1.165, 1.54) is 11.1 Å². The Balaban J connectivity index is 1.59. The third-order valence-electron chi connectivity index (χ3n) is 4.67. The fourth-order valence-electron chi connectivity index (χ4n) is 3.49. The number of likely N-dealkylation sites (tertiary alicyclic amines) is 1. The van der Waals surface area contributed by atoms with Gasteiger partial charge in [-0.05, 0) is 25.0 Å². The summed E-state index contributed by atoms with van der Waals surface area (Å²) in [5, 5.41) is 12.5. The molecule has 1 fully saturated rings. The van der Waals surface area contributed by atoms with Gasteiger partial charge in [0.1, 0.15) is 11.9 Å². The summed E-state index contributed by atoms with van der Waals surface area (Å²) in [6.45, 7) is 7.18. The lowest BCUT2D eigenvalue weighted by Crippen LogP contribution is -2.44. The molecule has 0 amide bonds. The molecule has 4 nitrogen and oxygen atoms in total. The second kappa shape index (κ2) is 6.06. The number of piperidine rings is 1. The Kier molecular flexibility index (Phi) is 4.15. The Morgan fingerprint density at radius 3 is 3.05 bits per heavy atom. The molecule has 1 aromatic rings. The number of ether oxygens (including phenoxy) is 1. The van der Waals surface area contributed by atoms with Gasteiger partial charge >= 0.3 is 0 Å². The number of benzene rings is 1. The minimum Gasteiger partial charge on any atom is -0.488 e. The number of rotatable bonds is 3. The number of hydrogen-bond donors (Lipinski definition) is 1. The lowest BCUT2D eigenvalue weighted by Gasteiger charge is -2.34. The van der Waals surface area contributed by atoms with Crippen LogP contribution in [0, 0.1) is 12.8 Å². The minimum atomic E-state index is 0.256. The highest BCUT2D eigenvalue weighted by molar-refractivity contribution is 5.87. The molecule has 0 bridgehead atoms.